The van der Waals surface area contributed by atoms with Gasteiger partial charge in [0.1, 0.15) is 0 Å². The summed E-state index contributed by atoms with van der Waals surface area (Å²) in [4.78, 5) is 28.4. The first kappa shape index (κ1) is 17.7. The van der Waals surface area contributed by atoms with Crippen molar-refractivity contribution in [1.29, 1.82) is 0 Å². The van der Waals surface area contributed by atoms with Crippen molar-refractivity contribution in [2.75, 3.05) is 32.7 Å². The van der Waals surface area contributed by atoms with Gasteiger partial charge in [-0.3, -0.25) is 24.6 Å². The average Bonchev–Trinajstić information content (AvgIpc) is 3.08. The Morgan fingerprint density at radius 2 is 2.04 bits per heavy atom. The third-order valence-electron chi connectivity index (χ3n) is 6.26. The third kappa shape index (κ3) is 3.09. The van der Waals surface area contributed by atoms with E-state index in [4.69, 9.17) is 0 Å². The quantitative estimate of drug-likeness (QED) is 0.843. The van der Waals surface area contributed by atoms with Gasteiger partial charge in [0.2, 0.25) is 0 Å². The molecule has 7 heteroatoms. The van der Waals surface area contributed by atoms with Crippen LogP contribution in [0.2, 0.25) is 0 Å². The van der Waals surface area contributed by atoms with Crippen molar-refractivity contribution in [3.05, 3.63) is 60.2 Å². The average molecular weight is 379 g/mol. The number of rotatable bonds is 3. The Balaban J connectivity index is 1.34. The van der Waals surface area contributed by atoms with E-state index in [9.17, 15) is 9.90 Å². The maximum Gasteiger partial charge on any atom is 0.255 e. The number of aromatic nitrogens is 2. The van der Waals surface area contributed by atoms with Crippen molar-refractivity contribution in [3.8, 4) is 0 Å². The molecular weight excluding hydrogens is 354 g/mol. The van der Waals surface area contributed by atoms with Gasteiger partial charge in [-0.15, -0.1) is 0 Å². The van der Waals surface area contributed by atoms with E-state index in [0.717, 1.165) is 31.7 Å². The summed E-state index contributed by atoms with van der Waals surface area (Å²) in [7, 11) is 0. The number of β-amino-alcohol motifs (C(OH)–C–C–N with tert-alkyl or cyclic N) is 1. The van der Waals surface area contributed by atoms with Gasteiger partial charge in [0.05, 0.1) is 22.9 Å². The van der Waals surface area contributed by atoms with Crippen LogP contribution in [0, 0.1) is 0 Å². The molecule has 1 N–H and O–H groups in total. The number of aliphatic hydroxyl groups excluding tert-OH is 1. The molecule has 2 aromatic heterocycles. The summed E-state index contributed by atoms with van der Waals surface area (Å²) >= 11 is 0. The Hall–Kier alpha value is -2.35. The second-order valence-electron chi connectivity index (χ2n) is 8.31. The molecule has 3 fully saturated rings. The van der Waals surface area contributed by atoms with Gasteiger partial charge in [-0.25, -0.2) is 0 Å². The Morgan fingerprint density at radius 1 is 1.14 bits per heavy atom. The fourth-order valence-corrected chi connectivity index (χ4v) is 5.14. The number of fused-ring (bicyclic) bond motifs is 2. The number of carbonyl (C=O) groups excluding carboxylic acids is 1. The summed E-state index contributed by atoms with van der Waals surface area (Å²) in [5.74, 6) is 0.0386. The number of piperazine rings is 1. The summed E-state index contributed by atoms with van der Waals surface area (Å²) in [6.45, 7) is 4.68. The molecule has 2 atom stereocenters. The van der Waals surface area contributed by atoms with Gasteiger partial charge >= 0.3 is 0 Å². The van der Waals surface area contributed by atoms with Crippen molar-refractivity contribution in [1.82, 2.24) is 24.7 Å². The van der Waals surface area contributed by atoms with Gasteiger partial charge < -0.3 is 10.0 Å². The predicted molar refractivity (Wildman–Crippen MR) is 104 cm³/mol. The van der Waals surface area contributed by atoms with Gasteiger partial charge in [-0.05, 0) is 30.7 Å². The molecule has 0 saturated carbocycles. The van der Waals surface area contributed by atoms with E-state index in [2.05, 4.69) is 19.8 Å². The fraction of sp³-hybridized carbons (Fsp3) is 0.476. The minimum Gasteiger partial charge on any atom is -0.392 e. The van der Waals surface area contributed by atoms with Crippen LogP contribution in [0.4, 0.5) is 0 Å². The molecule has 0 bridgehead atoms. The molecule has 0 unspecified atom stereocenters. The minimum absolute atomic E-state index is 0.0386. The Morgan fingerprint density at radius 3 is 2.79 bits per heavy atom. The highest BCUT2D eigenvalue weighted by atomic mass is 16.3. The Labute approximate surface area is 164 Å². The van der Waals surface area contributed by atoms with Crippen LogP contribution in [0.1, 0.15) is 22.5 Å². The van der Waals surface area contributed by atoms with Gasteiger partial charge in [0.25, 0.3) is 5.91 Å². The number of carbonyl (C=O) groups is 1. The van der Waals surface area contributed by atoms with E-state index in [1.54, 1.807) is 18.5 Å². The summed E-state index contributed by atoms with van der Waals surface area (Å²) < 4.78 is 0. The van der Waals surface area contributed by atoms with Crippen LogP contribution < -0.4 is 0 Å². The molecule has 1 amide bonds. The normalized spacial score (nSPS) is 26.8. The summed E-state index contributed by atoms with van der Waals surface area (Å²) in [5, 5.41) is 10.3. The number of amides is 1. The van der Waals surface area contributed by atoms with E-state index < -0.39 is 0 Å². The number of aliphatic hydroxyl groups is 1. The van der Waals surface area contributed by atoms with Crippen molar-refractivity contribution in [2.24, 2.45) is 0 Å². The molecule has 3 aliphatic heterocycles. The van der Waals surface area contributed by atoms with Crippen LogP contribution in [-0.2, 0) is 6.54 Å². The molecule has 0 aromatic carbocycles. The van der Waals surface area contributed by atoms with Crippen LogP contribution in [0.3, 0.4) is 0 Å². The summed E-state index contributed by atoms with van der Waals surface area (Å²) in [6.07, 6.45) is 5.58. The minimum atomic E-state index is -0.305. The summed E-state index contributed by atoms with van der Waals surface area (Å²) in [6, 6.07) is 9.84. The lowest BCUT2D eigenvalue weighted by Crippen LogP contribution is -2.78. The lowest BCUT2D eigenvalue weighted by Gasteiger charge is -2.61. The molecule has 3 aliphatic rings. The largest absolute Gasteiger partial charge is 0.392 e. The zero-order valence-electron chi connectivity index (χ0n) is 15.8. The molecule has 3 saturated heterocycles. The lowest BCUT2D eigenvalue weighted by atomic mass is 9.83. The second-order valence-corrected chi connectivity index (χ2v) is 8.31. The zero-order valence-corrected chi connectivity index (χ0v) is 15.8. The number of pyridine rings is 2. The molecular formula is C21H25N5O2. The maximum absolute atomic E-state index is 13.1. The highest BCUT2D eigenvalue weighted by Crippen LogP contribution is 2.39. The number of hydrogen-bond donors (Lipinski definition) is 1. The van der Waals surface area contributed by atoms with Gasteiger partial charge in [0.15, 0.2) is 0 Å². The standard InChI is InChI=1S/C21H25N5O2/c27-19-8-18-11-25(20(28)16-4-3-6-22-9-16)15-21(26(18)12-19)13-24(14-21)10-17-5-1-2-7-23-17/h1-7,9,18-19,27H,8,10-15H2/t18-,19+/m0/s1. The number of hydrogen-bond acceptors (Lipinski definition) is 6. The first-order chi connectivity index (χ1) is 13.6. The first-order valence-electron chi connectivity index (χ1n) is 9.89. The van der Waals surface area contributed by atoms with Crippen LogP contribution in [0.25, 0.3) is 0 Å². The monoisotopic (exact) mass is 379 g/mol. The van der Waals surface area contributed by atoms with Gasteiger partial charge in [0, 0.05) is 63.9 Å². The SMILES string of the molecule is O=C(c1cccnc1)N1C[C@@H]2C[C@@H](O)CN2C2(CN(Cc3ccccn3)C2)C1. The zero-order chi connectivity index (χ0) is 19.1. The van der Waals surface area contributed by atoms with Crippen molar-refractivity contribution < 1.29 is 9.90 Å². The van der Waals surface area contributed by atoms with Gasteiger partial charge in [-0.2, -0.15) is 0 Å². The van der Waals surface area contributed by atoms with Gasteiger partial charge in [-0.1, -0.05) is 6.07 Å². The molecule has 28 heavy (non-hydrogen) atoms. The van der Waals surface area contributed by atoms with E-state index in [1.807, 2.05) is 35.4 Å². The maximum atomic E-state index is 13.1. The van der Waals surface area contributed by atoms with Crippen LogP contribution in [-0.4, -0.2) is 86.1 Å². The molecule has 0 radical (unpaired) electrons. The predicted octanol–water partition coefficient (Wildman–Crippen LogP) is 0.622. The molecule has 146 valence electrons. The highest BCUT2D eigenvalue weighted by molar-refractivity contribution is 5.94. The van der Waals surface area contributed by atoms with E-state index in [-0.39, 0.29) is 23.6 Å². The molecule has 1 spiro atoms. The van der Waals surface area contributed by atoms with E-state index in [0.29, 0.717) is 25.2 Å². The van der Waals surface area contributed by atoms with Crippen LogP contribution >= 0.6 is 0 Å². The smallest absolute Gasteiger partial charge is 0.255 e. The molecule has 5 heterocycles. The first-order valence-corrected chi connectivity index (χ1v) is 9.89. The van der Waals surface area contributed by atoms with Crippen molar-refractivity contribution in [3.63, 3.8) is 0 Å². The number of likely N-dealkylation sites (tertiary alicyclic amines) is 1. The summed E-state index contributed by atoms with van der Waals surface area (Å²) in [5.41, 5.74) is 1.62. The van der Waals surface area contributed by atoms with E-state index in [1.165, 1.54) is 0 Å². The highest BCUT2D eigenvalue weighted by Gasteiger charge is 2.56. The topological polar surface area (TPSA) is 72.8 Å². The second kappa shape index (κ2) is 6.92. The van der Waals surface area contributed by atoms with E-state index >= 15 is 0 Å². The molecule has 0 aliphatic carbocycles. The van der Waals surface area contributed by atoms with Crippen LogP contribution in [0.15, 0.2) is 48.9 Å². The van der Waals surface area contributed by atoms with Crippen molar-refractivity contribution >= 4 is 5.91 Å². The molecule has 7 nitrogen and oxygen atoms in total. The fourth-order valence-electron chi connectivity index (χ4n) is 5.14. The van der Waals surface area contributed by atoms with Crippen LogP contribution in [0.5, 0.6) is 0 Å². The Kier molecular flexibility index (Phi) is 4.38. The lowest BCUT2D eigenvalue weighted by molar-refractivity contribution is -0.108. The number of nitrogens with zero attached hydrogens (tertiary/aromatic N) is 5. The molecule has 2 aromatic rings. The molecule has 5 rings (SSSR count). The third-order valence-corrected chi connectivity index (χ3v) is 6.26. The Bertz CT molecular complexity index is 840. The van der Waals surface area contributed by atoms with Crippen molar-refractivity contribution in [2.45, 2.75) is 30.7 Å².